The van der Waals surface area contributed by atoms with Gasteiger partial charge in [0.1, 0.15) is 17.5 Å². The smallest absolute Gasteiger partial charge is 0.233 e. The monoisotopic (exact) mass is 274 g/mol. The van der Waals surface area contributed by atoms with Crippen LogP contribution in [0.3, 0.4) is 0 Å². The molecular formula is C13H11ClN4O. The molecule has 1 aromatic carbocycles. The van der Waals surface area contributed by atoms with Crippen molar-refractivity contribution in [1.29, 1.82) is 0 Å². The van der Waals surface area contributed by atoms with Gasteiger partial charge in [0.05, 0.1) is 6.20 Å². The number of fused-ring (bicyclic) bond motifs is 1. The van der Waals surface area contributed by atoms with Crippen LogP contribution in [0.25, 0.3) is 11.0 Å². The van der Waals surface area contributed by atoms with E-state index in [1.165, 1.54) is 6.33 Å². The van der Waals surface area contributed by atoms with Crippen LogP contribution in [0.15, 0.2) is 30.7 Å². The van der Waals surface area contributed by atoms with Gasteiger partial charge in [-0.1, -0.05) is 11.6 Å². The molecule has 0 radical (unpaired) electrons. The standard InChI is InChI=1S/C13H11ClN4O/c1-8-5-9(3-4-11(8)14)19-13-10-6-17-18(2)12(10)15-7-16-13/h3-7H,1-2H3. The molecule has 0 unspecified atom stereocenters. The summed E-state index contributed by atoms with van der Waals surface area (Å²) >= 11 is 5.99. The van der Waals surface area contributed by atoms with Crippen molar-refractivity contribution in [1.82, 2.24) is 19.7 Å². The lowest BCUT2D eigenvalue weighted by molar-refractivity contribution is 0.468. The minimum atomic E-state index is 0.486. The molecule has 19 heavy (non-hydrogen) atoms. The van der Waals surface area contributed by atoms with Crippen molar-refractivity contribution in [2.75, 3.05) is 0 Å². The van der Waals surface area contributed by atoms with E-state index in [0.29, 0.717) is 16.7 Å². The first kappa shape index (κ1) is 11.9. The highest BCUT2D eigenvalue weighted by Crippen LogP contribution is 2.28. The molecule has 0 bridgehead atoms. The molecule has 2 heterocycles. The van der Waals surface area contributed by atoms with Gasteiger partial charge in [-0.15, -0.1) is 0 Å². The van der Waals surface area contributed by atoms with E-state index < -0.39 is 0 Å². The molecule has 0 amide bonds. The van der Waals surface area contributed by atoms with Gasteiger partial charge in [0.15, 0.2) is 5.65 Å². The van der Waals surface area contributed by atoms with Crippen molar-refractivity contribution in [2.45, 2.75) is 6.92 Å². The molecule has 0 aliphatic carbocycles. The van der Waals surface area contributed by atoms with Gasteiger partial charge in [0.2, 0.25) is 5.88 Å². The van der Waals surface area contributed by atoms with Gasteiger partial charge in [0.25, 0.3) is 0 Å². The van der Waals surface area contributed by atoms with Crippen LogP contribution in [0.2, 0.25) is 5.02 Å². The van der Waals surface area contributed by atoms with Crippen molar-refractivity contribution in [2.24, 2.45) is 7.05 Å². The van der Waals surface area contributed by atoms with Crippen molar-refractivity contribution in [3.8, 4) is 11.6 Å². The van der Waals surface area contributed by atoms with Crippen LogP contribution < -0.4 is 4.74 Å². The number of hydrogen-bond donors (Lipinski definition) is 0. The van der Waals surface area contributed by atoms with E-state index in [1.807, 2.05) is 20.0 Å². The van der Waals surface area contributed by atoms with E-state index >= 15 is 0 Å². The Bertz CT molecular complexity index is 753. The van der Waals surface area contributed by atoms with E-state index in [2.05, 4.69) is 15.1 Å². The zero-order valence-electron chi connectivity index (χ0n) is 10.5. The zero-order valence-corrected chi connectivity index (χ0v) is 11.2. The zero-order chi connectivity index (χ0) is 13.4. The number of halogens is 1. The lowest BCUT2D eigenvalue weighted by Crippen LogP contribution is -1.94. The fourth-order valence-electron chi connectivity index (χ4n) is 1.81. The normalized spacial score (nSPS) is 10.9. The lowest BCUT2D eigenvalue weighted by atomic mass is 10.2. The quantitative estimate of drug-likeness (QED) is 0.720. The number of rotatable bonds is 2. The summed E-state index contributed by atoms with van der Waals surface area (Å²) in [7, 11) is 1.82. The fraction of sp³-hybridized carbons (Fsp3) is 0.154. The lowest BCUT2D eigenvalue weighted by Gasteiger charge is -2.06. The van der Waals surface area contributed by atoms with Crippen molar-refractivity contribution in [3.63, 3.8) is 0 Å². The molecule has 2 aromatic heterocycles. The number of hydrogen-bond acceptors (Lipinski definition) is 4. The van der Waals surface area contributed by atoms with E-state index in [1.54, 1.807) is 23.0 Å². The summed E-state index contributed by atoms with van der Waals surface area (Å²) in [6, 6.07) is 5.47. The van der Waals surface area contributed by atoms with E-state index in [0.717, 1.165) is 16.6 Å². The molecule has 0 spiro atoms. The molecule has 0 saturated carbocycles. The molecule has 5 nitrogen and oxygen atoms in total. The minimum absolute atomic E-state index is 0.486. The number of nitrogens with zero attached hydrogens (tertiary/aromatic N) is 4. The molecule has 3 aromatic rings. The van der Waals surface area contributed by atoms with Crippen molar-refractivity contribution >= 4 is 22.6 Å². The predicted octanol–water partition coefficient (Wildman–Crippen LogP) is 3.12. The van der Waals surface area contributed by atoms with Gasteiger partial charge in [-0.3, -0.25) is 4.68 Å². The molecular weight excluding hydrogens is 264 g/mol. The first-order chi connectivity index (χ1) is 9.15. The third-order valence-corrected chi connectivity index (χ3v) is 3.26. The number of aromatic nitrogens is 4. The maximum absolute atomic E-state index is 5.99. The molecule has 0 atom stereocenters. The fourth-order valence-corrected chi connectivity index (χ4v) is 1.93. The molecule has 6 heteroatoms. The second-order valence-corrected chi connectivity index (χ2v) is 4.60. The van der Waals surface area contributed by atoms with Crippen LogP contribution in [-0.2, 0) is 7.05 Å². The highest BCUT2D eigenvalue weighted by molar-refractivity contribution is 6.31. The van der Waals surface area contributed by atoms with Crippen LogP contribution in [0, 0.1) is 6.92 Å². The van der Waals surface area contributed by atoms with Crippen LogP contribution in [0.5, 0.6) is 11.6 Å². The summed E-state index contributed by atoms with van der Waals surface area (Å²) in [4.78, 5) is 8.31. The first-order valence-electron chi connectivity index (χ1n) is 5.72. The highest BCUT2D eigenvalue weighted by Gasteiger charge is 2.10. The molecule has 96 valence electrons. The van der Waals surface area contributed by atoms with Gasteiger partial charge in [-0.25, -0.2) is 9.97 Å². The Morgan fingerprint density at radius 3 is 2.89 bits per heavy atom. The topological polar surface area (TPSA) is 52.8 Å². The Balaban J connectivity index is 2.03. The van der Waals surface area contributed by atoms with Crippen molar-refractivity contribution in [3.05, 3.63) is 41.3 Å². The second kappa shape index (κ2) is 4.51. The van der Waals surface area contributed by atoms with Crippen LogP contribution in [0.1, 0.15) is 5.56 Å². The number of aryl methyl sites for hydroxylation is 2. The number of benzene rings is 1. The second-order valence-electron chi connectivity index (χ2n) is 4.20. The molecule has 0 aliphatic rings. The maximum atomic E-state index is 5.99. The van der Waals surface area contributed by atoms with Gasteiger partial charge in [-0.05, 0) is 30.7 Å². The summed E-state index contributed by atoms with van der Waals surface area (Å²) in [5.41, 5.74) is 1.69. The van der Waals surface area contributed by atoms with E-state index in [9.17, 15) is 0 Å². The Labute approximate surface area is 114 Å². The van der Waals surface area contributed by atoms with Gasteiger partial charge >= 0.3 is 0 Å². The third-order valence-electron chi connectivity index (χ3n) is 2.84. The maximum Gasteiger partial charge on any atom is 0.233 e. The van der Waals surface area contributed by atoms with Crippen LogP contribution in [-0.4, -0.2) is 19.7 Å². The Kier molecular flexibility index (Phi) is 2.83. The Morgan fingerprint density at radius 2 is 2.11 bits per heavy atom. The van der Waals surface area contributed by atoms with Gasteiger partial charge in [-0.2, -0.15) is 5.10 Å². The van der Waals surface area contributed by atoms with Crippen molar-refractivity contribution < 1.29 is 4.74 Å². The summed E-state index contributed by atoms with van der Waals surface area (Å²) in [6.07, 6.45) is 3.15. The predicted molar refractivity (Wildman–Crippen MR) is 72.6 cm³/mol. The largest absolute Gasteiger partial charge is 0.438 e. The van der Waals surface area contributed by atoms with Gasteiger partial charge < -0.3 is 4.74 Å². The minimum Gasteiger partial charge on any atom is -0.438 e. The SMILES string of the molecule is Cc1cc(Oc2ncnc3c2cnn3C)ccc1Cl. The van der Waals surface area contributed by atoms with E-state index in [4.69, 9.17) is 16.3 Å². The molecule has 0 saturated heterocycles. The summed E-state index contributed by atoms with van der Waals surface area (Å²) in [6.45, 7) is 1.93. The average Bonchev–Trinajstić information content (AvgIpc) is 2.77. The first-order valence-corrected chi connectivity index (χ1v) is 6.09. The summed E-state index contributed by atoms with van der Waals surface area (Å²) in [5.74, 6) is 1.17. The molecule has 0 aliphatic heterocycles. The molecule has 0 fully saturated rings. The number of ether oxygens (including phenoxy) is 1. The average molecular weight is 275 g/mol. The van der Waals surface area contributed by atoms with Crippen LogP contribution >= 0.6 is 11.6 Å². The Morgan fingerprint density at radius 1 is 1.26 bits per heavy atom. The van der Waals surface area contributed by atoms with Crippen LogP contribution in [0.4, 0.5) is 0 Å². The third kappa shape index (κ3) is 2.13. The van der Waals surface area contributed by atoms with Gasteiger partial charge in [0, 0.05) is 12.1 Å². The summed E-state index contributed by atoms with van der Waals surface area (Å²) < 4.78 is 7.46. The highest BCUT2D eigenvalue weighted by atomic mass is 35.5. The molecule has 0 N–H and O–H groups in total. The summed E-state index contributed by atoms with van der Waals surface area (Å²) in [5, 5.41) is 5.63. The molecule has 3 rings (SSSR count). The Hall–Kier alpha value is -2.14. The van der Waals surface area contributed by atoms with E-state index in [-0.39, 0.29) is 0 Å².